The number of carbonyl (C=O) groups is 1. The van der Waals surface area contributed by atoms with Crippen molar-refractivity contribution >= 4 is 5.78 Å². The van der Waals surface area contributed by atoms with Crippen molar-refractivity contribution in [3.63, 3.8) is 0 Å². The minimum atomic E-state index is -4.32. The Kier molecular flexibility index (Phi) is 4.34. The lowest BCUT2D eigenvalue weighted by Gasteiger charge is -2.03. The molecule has 0 saturated carbocycles. The Morgan fingerprint density at radius 2 is 1.79 bits per heavy atom. The van der Waals surface area contributed by atoms with Crippen molar-refractivity contribution in [1.29, 1.82) is 0 Å². The van der Waals surface area contributed by atoms with Crippen molar-refractivity contribution in [3.8, 4) is 0 Å². The van der Waals surface area contributed by atoms with Gasteiger partial charge in [0.05, 0.1) is 0 Å². The Bertz CT molecular complexity index is 295. The maximum Gasteiger partial charge on any atom is 0.412 e. The zero-order chi connectivity index (χ0) is 11.4. The summed E-state index contributed by atoms with van der Waals surface area (Å²) in [4.78, 5) is 10.6. The van der Waals surface area contributed by atoms with Crippen LogP contribution in [0.2, 0.25) is 0 Å². The molecular formula is C10H11F3O. The van der Waals surface area contributed by atoms with Crippen LogP contribution in [-0.2, 0) is 4.79 Å². The van der Waals surface area contributed by atoms with Gasteiger partial charge < -0.3 is 0 Å². The molecule has 0 aromatic heterocycles. The van der Waals surface area contributed by atoms with Crippen LogP contribution in [-0.4, -0.2) is 12.0 Å². The molecule has 4 heteroatoms. The summed E-state index contributed by atoms with van der Waals surface area (Å²) < 4.78 is 35.8. The molecule has 0 aromatic carbocycles. The fourth-order valence-corrected chi connectivity index (χ4v) is 0.520. The van der Waals surface area contributed by atoms with Gasteiger partial charge in [0, 0.05) is 11.1 Å². The number of allylic oxidation sites excluding steroid dienone is 5. The van der Waals surface area contributed by atoms with Crippen LogP contribution in [0.3, 0.4) is 0 Å². The number of Topliss-reactive ketones (excluding diaryl/α,β-unsaturated/α-hetero) is 1. The molecule has 0 spiro atoms. The van der Waals surface area contributed by atoms with Gasteiger partial charge >= 0.3 is 6.18 Å². The highest BCUT2D eigenvalue weighted by molar-refractivity contribution is 5.95. The topological polar surface area (TPSA) is 17.1 Å². The maximum atomic E-state index is 11.9. The van der Waals surface area contributed by atoms with Crippen molar-refractivity contribution < 1.29 is 18.0 Å². The number of carbonyl (C=O) groups excluding carboxylic acids is 1. The predicted octanol–water partition coefficient (Wildman–Crippen LogP) is 3.20. The van der Waals surface area contributed by atoms with E-state index < -0.39 is 11.7 Å². The lowest BCUT2D eigenvalue weighted by molar-refractivity contribution is -0.113. The Morgan fingerprint density at radius 1 is 1.29 bits per heavy atom. The van der Waals surface area contributed by atoms with Crippen LogP contribution in [0.5, 0.6) is 0 Å². The highest BCUT2D eigenvalue weighted by atomic mass is 19.4. The molecule has 0 amide bonds. The minimum Gasteiger partial charge on any atom is -0.295 e. The summed E-state index contributed by atoms with van der Waals surface area (Å²) in [5.74, 6) is -0.265. The van der Waals surface area contributed by atoms with Gasteiger partial charge in [0.25, 0.3) is 0 Å². The molecule has 0 aliphatic rings. The highest BCUT2D eigenvalue weighted by Crippen LogP contribution is 2.24. The van der Waals surface area contributed by atoms with Gasteiger partial charge in [0.2, 0.25) is 0 Å². The van der Waals surface area contributed by atoms with E-state index in [1.165, 1.54) is 13.0 Å². The third-order valence-electron chi connectivity index (χ3n) is 1.54. The number of ketones is 1. The van der Waals surface area contributed by atoms with Gasteiger partial charge in [-0.15, -0.1) is 0 Å². The second kappa shape index (κ2) is 4.79. The zero-order valence-corrected chi connectivity index (χ0v) is 7.98. The first-order valence-electron chi connectivity index (χ1n) is 3.87. The second-order valence-corrected chi connectivity index (χ2v) is 2.79. The van der Waals surface area contributed by atoms with Gasteiger partial charge in [0.15, 0.2) is 5.78 Å². The number of rotatable bonds is 3. The molecule has 1 nitrogen and oxygen atoms in total. The molecule has 0 rings (SSSR count). The summed E-state index contributed by atoms with van der Waals surface area (Å²) in [5.41, 5.74) is -0.540. The Balaban J connectivity index is 4.44. The summed E-state index contributed by atoms with van der Waals surface area (Å²) in [6.45, 7) is 5.62. The Labute approximate surface area is 80.6 Å². The highest BCUT2D eigenvalue weighted by Gasteiger charge is 2.29. The normalized spacial score (nSPS) is 13.4. The molecule has 0 saturated heterocycles. The third kappa shape index (κ3) is 4.64. The summed E-state index contributed by atoms with van der Waals surface area (Å²) in [6.07, 6.45) is -1.01. The fraction of sp³-hybridized carbons (Fsp3) is 0.300. The minimum absolute atomic E-state index is 0.177. The molecule has 14 heavy (non-hydrogen) atoms. The van der Waals surface area contributed by atoms with E-state index in [9.17, 15) is 18.0 Å². The quantitative estimate of drug-likeness (QED) is 0.509. The van der Waals surface area contributed by atoms with E-state index >= 15 is 0 Å². The molecule has 0 aliphatic heterocycles. The number of alkyl halides is 3. The first-order chi connectivity index (χ1) is 6.25. The molecule has 0 aliphatic carbocycles. The van der Waals surface area contributed by atoms with E-state index in [1.54, 1.807) is 0 Å². The molecule has 0 N–H and O–H groups in total. The van der Waals surface area contributed by atoms with Crippen LogP contribution in [0, 0.1) is 0 Å². The SMILES string of the molecule is C=C(/C=C\C=C(/C)C(F)(F)F)C(C)=O. The molecule has 0 radical (unpaired) electrons. The largest absolute Gasteiger partial charge is 0.412 e. The van der Waals surface area contributed by atoms with E-state index in [2.05, 4.69) is 6.58 Å². The van der Waals surface area contributed by atoms with Crippen molar-refractivity contribution in [2.24, 2.45) is 0 Å². The molecule has 78 valence electrons. The van der Waals surface area contributed by atoms with Gasteiger partial charge in [-0.1, -0.05) is 24.8 Å². The van der Waals surface area contributed by atoms with Crippen LogP contribution < -0.4 is 0 Å². The average Bonchev–Trinajstić information content (AvgIpc) is 2.01. The third-order valence-corrected chi connectivity index (χ3v) is 1.54. The van der Waals surface area contributed by atoms with Crippen LogP contribution in [0.1, 0.15) is 13.8 Å². The second-order valence-electron chi connectivity index (χ2n) is 2.79. The summed E-state index contributed by atoms with van der Waals surface area (Å²) in [6, 6.07) is 0. The Hall–Kier alpha value is -1.32. The van der Waals surface area contributed by atoms with Gasteiger partial charge in [-0.3, -0.25) is 4.79 Å². The van der Waals surface area contributed by atoms with Crippen LogP contribution in [0.15, 0.2) is 36.0 Å². The zero-order valence-electron chi connectivity index (χ0n) is 7.98. The van der Waals surface area contributed by atoms with Gasteiger partial charge in [0.1, 0.15) is 0 Å². The van der Waals surface area contributed by atoms with Crippen molar-refractivity contribution in [2.45, 2.75) is 20.0 Å². The fourth-order valence-electron chi connectivity index (χ4n) is 0.520. The van der Waals surface area contributed by atoms with Gasteiger partial charge in [-0.2, -0.15) is 13.2 Å². The van der Waals surface area contributed by atoms with E-state index in [4.69, 9.17) is 0 Å². The number of hydrogen-bond acceptors (Lipinski definition) is 1. The smallest absolute Gasteiger partial charge is 0.295 e. The number of halogens is 3. The molecule has 0 atom stereocenters. The van der Waals surface area contributed by atoms with E-state index in [-0.39, 0.29) is 11.4 Å². The molecule has 0 fully saturated rings. The van der Waals surface area contributed by atoms with E-state index in [0.717, 1.165) is 19.1 Å². The van der Waals surface area contributed by atoms with Crippen LogP contribution in [0.4, 0.5) is 13.2 Å². The van der Waals surface area contributed by atoms with E-state index in [1.807, 2.05) is 0 Å². The molecule has 0 unspecified atom stereocenters. The predicted molar refractivity (Wildman–Crippen MR) is 48.8 cm³/mol. The van der Waals surface area contributed by atoms with Crippen LogP contribution >= 0.6 is 0 Å². The summed E-state index contributed by atoms with van der Waals surface area (Å²) >= 11 is 0. The summed E-state index contributed by atoms with van der Waals surface area (Å²) in [5, 5.41) is 0. The lowest BCUT2D eigenvalue weighted by atomic mass is 10.2. The first kappa shape index (κ1) is 12.7. The van der Waals surface area contributed by atoms with Crippen molar-refractivity contribution in [1.82, 2.24) is 0 Å². The first-order valence-corrected chi connectivity index (χ1v) is 3.87. The molecule has 0 aromatic rings. The van der Waals surface area contributed by atoms with Gasteiger partial charge in [-0.05, 0) is 13.8 Å². The van der Waals surface area contributed by atoms with Crippen molar-refractivity contribution in [3.05, 3.63) is 36.0 Å². The van der Waals surface area contributed by atoms with Gasteiger partial charge in [-0.25, -0.2) is 0 Å². The maximum absolute atomic E-state index is 11.9. The average molecular weight is 204 g/mol. The molecule has 0 bridgehead atoms. The van der Waals surface area contributed by atoms with Crippen molar-refractivity contribution in [2.75, 3.05) is 0 Å². The molecule has 0 heterocycles. The standard InChI is InChI=1S/C10H11F3O/c1-7(9(3)14)5-4-6-8(2)10(11,12)13/h4-6H,1H2,2-3H3/b5-4-,8-6+. The molecular weight excluding hydrogens is 193 g/mol. The lowest BCUT2D eigenvalue weighted by Crippen LogP contribution is -2.08. The van der Waals surface area contributed by atoms with E-state index in [0.29, 0.717) is 0 Å². The monoisotopic (exact) mass is 204 g/mol. The summed E-state index contributed by atoms with van der Waals surface area (Å²) in [7, 11) is 0. The van der Waals surface area contributed by atoms with Crippen LogP contribution in [0.25, 0.3) is 0 Å². The Morgan fingerprint density at radius 3 is 2.14 bits per heavy atom. The number of hydrogen-bond donors (Lipinski definition) is 0.